The summed E-state index contributed by atoms with van der Waals surface area (Å²) in [7, 11) is 0. The summed E-state index contributed by atoms with van der Waals surface area (Å²) in [5.74, 6) is 0.697. The van der Waals surface area contributed by atoms with Gasteiger partial charge in [-0.25, -0.2) is 4.39 Å². The highest BCUT2D eigenvalue weighted by atomic mass is 19.1. The molecule has 0 aliphatic carbocycles. The Hall–Kier alpha value is -3.44. The maximum absolute atomic E-state index is 13.4. The molecule has 0 unspecified atom stereocenters. The first-order chi connectivity index (χ1) is 16.1. The number of ether oxygens (including phenoxy) is 1. The Kier molecular flexibility index (Phi) is 7.20. The third-order valence-corrected chi connectivity index (χ3v) is 5.83. The zero-order valence-electron chi connectivity index (χ0n) is 19.0. The average Bonchev–Trinajstić information content (AvgIpc) is 3.24. The van der Waals surface area contributed by atoms with Crippen LogP contribution in [0.5, 0.6) is 5.75 Å². The van der Waals surface area contributed by atoms with Crippen LogP contribution in [0, 0.1) is 5.82 Å². The van der Waals surface area contributed by atoms with Crippen molar-refractivity contribution >= 4 is 16.8 Å². The van der Waals surface area contributed by atoms with Crippen LogP contribution in [0.1, 0.15) is 36.2 Å². The quantitative estimate of drug-likeness (QED) is 0.204. The largest absolute Gasteiger partial charge is 0.494 e. The lowest BCUT2D eigenvalue weighted by atomic mass is 9.97. The van der Waals surface area contributed by atoms with Gasteiger partial charge < -0.3 is 14.1 Å². The van der Waals surface area contributed by atoms with E-state index in [0.29, 0.717) is 29.1 Å². The summed E-state index contributed by atoms with van der Waals surface area (Å²) in [5, 5.41) is 0.735. The van der Waals surface area contributed by atoms with Gasteiger partial charge in [-0.15, -0.1) is 0 Å². The van der Waals surface area contributed by atoms with Crippen LogP contribution in [0.25, 0.3) is 22.3 Å². The Morgan fingerprint density at radius 1 is 0.939 bits per heavy atom. The maximum Gasteiger partial charge on any atom is 0.197 e. The first kappa shape index (κ1) is 22.7. The second kappa shape index (κ2) is 10.5. The van der Waals surface area contributed by atoms with E-state index in [-0.39, 0.29) is 11.6 Å². The predicted octanol–water partition coefficient (Wildman–Crippen LogP) is 6.58. The summed E-state index contributed by atoms with van der Waals surface area (Å²) >= 11 is 0. The van der Waals surface area contributed by atoms with Crippen LogP contribution in [-0.4, -0.2) is 36.9 Å². The molecule has 0 spiro atoms. The summed E-state index contributed by atoms with van der Waals surface area (Å²) < 4.78 is 25.4. The third kappa shape index (κ3) is 5.15. The molecule has 0 saturated carbocycles. The Labute approximate surface area is 193 Å². The predicted molar refractivity (Wildman–Crippen MR) is 129 cm³/mol. The minimum atomic E-state index is -0.378. The van der Waals surface area contributed by atoms with Gasteiger partial charge in [-0.3, -0.25) is 4.79 Å². The SMILES string of the molecule is CCN(CC)CCCOc1ccc(-c2oc3ccccc3c2C(=O)c2ccc(F)cc2)cc1. The second-order valence-electron chi connectivity index (χ2n) is 7.89. The van der Waals surface area contributed by atoms with Crippen LogP contribution in [-0.2, 0) is 0 Å². The van der Waals surface area contributed by atoms with E-state index in [4.69, 9.17) is 9.15 Å². The zero-order valence-corrected chi connectivity index (χ0v) is 19.0. The molecule has 0 radical (unpaired) electrons. The molecule has 0 N–H and O–H groups in total. The van der Waals surface area contributed by atoms with E-state index in [2.05, 4.69) is 18.7 Å². The second-order valence-corrected chi connectivity index (χ2v) is 7.89. The summed E-state index contributed by atoms with van der Waals surface area (Å²) in [5.41, 5.74) is 2.31. The van der Waals surface area contributed by atoms with Gasteiger partial charge in [-0.1, -0.05) is 32.0 Å². The fraction of sp³-hybridized carbons (Fsp3) is 0.250. The number of para-hydroxylation sites is 1. The van der Waals surface area contributed by atoms with Gasteiger partial charge in [0.2, 0.25) is 0 Å². The number of ketones is 1. The first-order valence-electron chi connectivity index (χ1n) is 11.4. The van der Waals surface area contributed by atoms with Crippen molar-refractivity contribution in [2.24, 2.45) is 0 Å². The minimum Gasteiger partial charge on any atom is -0.494 e. The summed E-state index contributed by atoms with van der Waals surface area (Å²) in [6.45, 7) is 8.07. The molecule has 1 aromatic heterocycles. The molecule has 170 valence electrons. The van der Waals surface area contributed by atoms with Crippen molar-refractivity contribution in [1.82, 2.24) is 4.90 Å². The number of furan rings is 1. The van der Waals surface area contributed by atoms with Crippen molar-refractivity contribution in [2.45, 2.75) is 20.3 Å². The molecule has 3 aromatic carbocycles. The Bertz CT molecular complexity index is 1210. The first-order valence-corrected chi connectivity index (χ1v) is 11.4. The normalized spacial score (nSPS) is 11.3. The van der Waals surface area contributed by atoms with Gasteiger partial charge in [-0.05, 0) is 74.1 Å². The summed E-state index contributed by atoms with van der Waals surface area (Å²) in [4.78, 5) is 15.7. The Morgan fingerprint density at radius 3 is 2.33 bits per heavy atom. The molecule has 4 aromatic rings. The number of hydrogen-bond acceptors (Lipinski definition) is 4. The van der Waals surface area contributed by atoms with E-state index in [9.17, 15) is 9.18 Å². The zero-order chi connectivity index (χ0) is 23.2. The maximum atomic E-state index is 13.4. The summed E-state index contributed by atoms with van der Waals surface area (Å²) in [6, 6.07) is 20.6. The molecule has 0 amide bonds. The highest BCUT2D eigenvalue weighted by molar-refractivity contribution is 6.19. The van der Waals surface area contributed by atoms with E-state index >= 15 is 0 Å². The molecule has 4 rings (SSSR count). The monoisotopic (exact) mass is 445 g/mol. The smallest absolute Gasteiger partial charge is 0.197 e. The van der Waals surface area contributed by atoms with Gasteiger partial charge in [0.15, 0.2) is 5.78 Å². The molecule has 0 aliphatic rings. The van der Waals surface area contributed by atoms with Crippen molar-refractivity contribution in [3.05, 3.63) is 89.7 Å². The van der Waals surface area contributed by atoms with Gasteiger partial charge in [0.25, 0.3) is 0 Å². The number of nitrogens with zero attached hydrogens (tertiary/aromatic N) is 1. The van der Waals surface area contributed by atoms with Crippen molar-refractivity contribution in [1.29, 1.82) is 0 Å². The van der Waals surface area contributed by atoms with E-state index < -0.39 is 0 Å². The third-order valence-electron chi connectivity index (χ3n) is 5.83. The van der Waals surface area contributed by atoms with Gasteiger partial charge in [-0.2, -0.15) is 0 Å². The lowest BCUT2D eigenvalue weighted by molar-refractivity contribution is 0.104. The highest BCUT2D eigenvalue weighted by Crippen LogP contribution is 2.35. The van der Waals surface area contributed by atoms with Crippen molar-refractivity contribution in [2.75, 3.05) is 26.2 Å². The van der Waals surface area contributed by atoms with E-state index in [0.717, 1.165) is 42.8 Å². The molecule has 0 aliphatic heterocycles. The molecular weight excluding hydrogens is 417 g/mol. The Morgan fingerprint density at radius 2 is 1.64 bits per heavy atom. The van der Waals surface area contributed by atoms with Crippen LogP contribution < -0.4 is 4.74 Å². The molecule has 0 atom stereocenters. The van der Waals surface area contributed by atoms with Gasteiger partial charge in [0, 0.05) is 23.1 Å². The average molecular weight is 446 g/mol. The number of hydrogen-bond donors (Lipinski definition) is 0. The number of carbonyl (C=O) groups excluding carboxylic acids is 1. The standard InChI is InChI=1S/C28H28FNO3/c1-3-30(4-2)18-7-19-32-23-16-12-21(13-17-23)28-26(24-8-5-6-9-25(24)33-28)27(31)20-10-14-22(29)15-11-20/h5-6,8-17H,3-4,7,18-19H2,1-2H3. The minimum absolute atomic E-state index is 0.202. The number of benzene rings is 3. The lowest BCUT2D eigenvalue weighted by Gasteiger charge is -2.17. The molecule has 4 nitrogen and oxygen atoms in total. The molecule has 0 fully saturated rings. The molecular formula is C28H28FNO3. The van der Waals surface area contributed by atoms with Crippen LogP contribution in [0.3, 0.4) is 0 Å². The van der Waals surface area contributed by atoms with Crippen LogP contribution in [0.4, 0.5) is 4.39 Å². The lowest BCUT2D eigenvalue weighted by Crippen LogP contribution is -2.25. The van der Waals surface area contributed by atoms with Crippen molar-refractivity contribution < 1.29 is 18.3 Å². The number of rotatable bonds is 10. The molecule has 5 heteroatoms. The molecule has 0 bridgehead atoms. The van der Waals surface area contributed by atoms with Crippen molar-refractivity contribution in [3.8, 4) is 17.1 Å². The number of carbonyl (C=O) groups is 1. The topological polar surface area (TPSA) is 42.7 Å². The number of halogens is 1. The molecule has 1 heterocycles. The van der Waals surface area contributed by atoms with Gasteiger partial charge in [0.05, 0.1) is 12.2 Å². The van der Waals surface area contributed by atoms with E-state index in [1.165, 1.54) is 24.3 Å². The van der Waals surface area contributed by atoms with Crippen LogP contribution in [0.2, 0.25) is 0 Å². The van der Waals surface area contributed by atoms with Crippen LogP contribution >= 0.6 is 0 Å². The Balaban J connectivity index is 1.57. The van der Waals surface area contributed by atoms with Crippen LogP contribution in [0.15, 0.2) is 77.2 Å². The van der Waals surface area contributed by atoms with E-state index in [1.807, 2.05) is 48.5 Å². The van der Waals surface area contributed by atoms with E-state index in [1.54, 1.807) is 0 Å². The molecule has 33 heavy (non-hydrogen) atoms. The highest BCUT2D eigenvalue weighted by Gasteiger charge is 2.23. The molecule has 0 saturated heterocycles. The van der Waals surface area contributed by atoms with Gasteiger partial charge in [0.1, 0.15) is 22.9 Å². The fourth-order valence-corrected chi connectivity index (χ4v) is 3.94. The number of fused-ring (bicyclic) bond motifs is 1. The van der Waals surface area contributed by atoms with Crippen molar-refractivity contribution in [3.63, 3.8) is 0 Å². The van der Waals surface area contributed by atoms with Gasteiger partial charge >= 0.3 is 0 Å². The summed E-state index contributed by atoms with van der Waals surface area (Å²) in [6.07, 6.45) is 0.962. The fourth-order valence-electron chi connectivity index (χ4n) is 3.94.